The molecule has 146 valence electrons. The molecule has 1 heterocycles. The summed E-state index contributed by atoms with van der Waals surface area (Å²) in [5.41, 5.74) is 2.51. The van der Waals surface area contributed by atoms with Crippen LogP contribution in [0, 0.1) is 0 Å². The molecule has 0 spiro atoms. The van der Waals surface area contributed by atoms with Gasteiger partial charge in [0.05, 0.1) is 13.2 Å². The Morgan fingerprint density at radius 3 is 2.69 bits per heavy atom. The Hall–Kier alpha value is -1.32. The summed E-state index contributed by atoms with van der Waals surface area (Å²) in [6, 6.07) is 8.39. The summed E-state index contributed by atoms with van der Waals surface area (Å²) in [4.78, 5) is 7.58. The molecule has 2 rings (SSSR count). The van der Waals surface area contributed by atoms with Gasteiger partial charge < -0.3 is 25.1 Å². The lowest BCUT2D eigenvalue weighted by Crippen LogP contribution is -2.38. The number of nitrogens with one attached hydrogen (secondary N) is 3. The number of para-hydroxylation sites is 1. The van der Waals surface area contributed by atoms with Crippen molar-refractivity contribution >= 4 is 40.8 Å². The molecule has 0 amide bonds. The lowest BCUT2D eigenvalue weighted by molar-refractivity contribution is 0.0689. The molecule has 0 aliphatic rings. The van der Waals surface area contributed by atoms with Crippen molar-refractivity contribution < 1.29 is 9.47 Å². The topological polar surface area (TPSA) is 70.7 Å². The van der Waals surface area contributed by atoms with E-state index in [1.165, 1.54) is 16.5 Å². The highest BCUT2D eigenvalue weighted by molar-refractivity contribution is 14.0. The van der Waals surface area contributed by atoms with E-state index in [2.05, 4.69) is 51.1 Å². The zero-order chi connectivity index (χ0) is 17.7. The highest BCUT2D eigenvalue weighted by Crippen LogP contribution is 2.17. The van der Waals surface area contributed by atoms with Crippen LogP contribution in [0.25, 0.3) is 10.9 Å². The molecule has 1 aromatic carbocycles. The van der Waals surface area contributed by atoms with E-state index < -0.39 is 0 Å². The van der Waals surface area contributed by atoms with Crippen LogP contribution in [-0.2, 0) is 15.9 Å². The van der Waals surface area contributed by atoms with Crippen LogP contribution >= 0.6 is 24.0 Å². The van der Waals surface area contributed by atoms with E-state index in [9.17, 15) is 0 Å². The van der Waals surface area contributed by atoms with Gasteiger partial charge in [0.15, 0.2) is 5.96 Å². The van der Waals surface area contributed by atoms with Gasteiger partial charge in [-0.15, -0.1) is 24.0 Å². The summed E-state index contributed by atoms with van der Waals surface area (Å²) in [5.74, 6) is 0.847. The fraction of sp³-hybridized carbons (Fsp3) is 0.526. The molecule has 26 heavy (non-hydrogen) atoms. The van der Waals surface area contributed by atoms with Crippen molar-refractivity contribution in [3.05, 3.63) is 36.0 Å². The molecule has 7 heteroatoms. The normalized spacial score (nSPS) is 11.4. The van der Waals surface area contributed by atoms with Gasteiger partial charge in [0, 0.05) is 51.0 Å². The van der Waals surface area contributed by atoms with Gasteiger partial charge in [-0.25, -0.2) is 0 Å². The predicted octanol–water partition coefficient (Wildman–Crippen LogP) is 2.94. The molecular weight excluding hydrogens is 443 g/mol. The summed E-state index contributed by atoms with van der Waals surface area (Å²) in [7, 11) is 3.49. The SMILES string of the molecule is CN=C(NCCCCOCCOC)NCCc1c[nH]c2ccccc12.I. The van der Waals surface area contributed by atoms with Crippen LogP contribution in [0.1, 0.15) is 18.4 Å². The number of guanidine groups is 1. The largest absolute Gasteiger partial charge is 0.382 e. The Kier molecular flexibility index (Phi) is 12.1. The molecule has 2 aromatic rings. The number of nitrogens with zero attached hydrogens (tertiary/aromatic N) is 1. The Bertz CT molecular complexity index is 645. The number of unbranched alkanes of at least 4 members (excludes halogenated alkanes) is 1. The van der Waals surface area contributed by atoms with Crippen LogP contribution in [0.2, 0.25) is 0 Å². The second-order valence-corrected chi connectivity index (χ2v) is 5.85. The van der Waals surface area contributed by atoms with Crippen molar-refractivity contribution in [3.63, 3.8) is 0 Å². The van der Waals surface area contributed by atoms with Gasteiger partial charge in [0.1, 0.15) is 0 Å². The molecule has 0 saturated heterocycles. The first-order valence-corrected chi connectivity index (χ1v) is 8.91. The van der Waals surface area contributed by atoms with Crippen LogP contribution in [0.15, 0.2) is 35.5 Å². The van der Waals surface area contributed by atoms with Crippen molar-refractivity contribution in [1.29, 1.82) is 0 Å². The second-order valence-electron chi connectivity index (χ2n) is 5.85. The van der Waals surface area contributed by atoms with E-state index in [0.717, 1.165) is 44.9 Å². The summed E-state index contributed by atoms with van der Waals surface area (Å²) in [6.45, 7) is 3.84. The molecule has 0 atom stereocenters. The number of ether oxygens (including phenoxy) is 2. The molecular formula is C19H31IN4O2. The van der Waals surface area contributed by atoms with Crippen LogP contribution in [-0.4, -0.2) is 58.0 Å². The minimum atomic E-state index is 0. The van der Waals surface area contributed by atoms with Gasteiger partial charge in [-0.05, 0) is 30.9 Å². The maximum Gasteiger partial charge on any atom is 0.190 e. The van der Waals surface area contributed by atoms with Gasteiger partial charge in [-0.1, -0.05) is 18.2 Å². The quantitative estimate of drug-likeness (QED) is 0.203. The molecule has 0 unspecified atom stereocenters. The highest BCUT2D eigenvalue weighted by Gasteiger charge is 2.03. The summed E-state index contributed by atoms with van der Waals surface area (Å²) in [5, 5.41) is 8.00. The van der Waals surface area contributed by atoms with E-state index in [0.29, 0.717) is 13.2 Å². The Morgan fingerprint density at radius 1 is 1.08 bits per heavy atom. The van der Waals surface area contributed by atoms with Crippen LogP contribution < -0.4 is 10.6 Å². The number of hydrogen-bond acceptors (Lipinski definition) is 3. The lowest BCUT2D eigenvalue weighted by atomic mass is 10.1. The number of aromatic nitrogens is 1. The van der Waals surface area contributed by atoms with Crippen molar-refractivity contribution in [2.24, 2.45) is 4.99 Å². The fourth-order valence-corrected chi connectivity index (χ4v) is 2.65. The zero-order valence-electron chi connectivity index (χ0n) is 15.7. The molecule has 1 aromatic heterocycles. The average molecular weight is 474 g/mol. The first-order valence-electron chi connectivity index (χ1n) is 8.91. The van der Waals surface area contributed by atoms with Gasteiger partial charge in [0.25, 0.3) is 0 Å². The third-order valence-electron chi connectivity index (χ3n) is 4.03. The maximum absolute atomic E-state index is 5.45. The van der Waals surface area contributed by atoms with Crippen molar-refractivity contribution in [2.75, 3.05) is 47.1 Å². The predicted molar refractivity (Wildman–Crippen MR) is 119 cm³/mol. The van der Waals surface area contributed by atoms with E-state index in [-0.39, 0.29) is 24.0 Å². The number of halogens is 1. The minimum Gasteiger partial charge on any atom is -0.382 e. The van der Waals surface area contributed by atoms with Gasteiger partial charge in [0.2, 0.25) is 0 Å². The number of rotatable bonds is 11. The summed E-state index contributed by atoms with van der Waals surface area (Å²) in [6.07, 6.45) is 5.13. The average Bonchev–Trinajstić information content (AvgIpc) is 3.05. The van der Waals surface area contributed by atoms with Crippen LogP contribution in [0.3, 0.4) is 0 Å². The van der Waals surface area contributed by atoms with Crippen molar-refractivity contribution in [2.45, 2.75) is 19.3 Å². The summed E-state index contributed by atoms with van der Waals surface area (Å²) < 4.78 is 10.4. The molecule has 3 N–H and O–H groups in total. The molecule has 0 aliphatic carbocycles. The number of hydrogen-bond donors (Lipinski definition) is 3. The third kappa shape index (κ3) is 7.92. The van der Waals surface area contributed by atoms with Crippen LogP contribution in [0.5, 0.6) is 0 Å². The first kappa shape index (κ1) is 22.7. The molecule has 0 radical (unpaired) electrons. The Labute approximate surface area is 173 Å². The molecule has 0 fully saturated rings. The van der Waals surface area contributed by atoms with E-state index in [1.54, 1.807) is 14.2 Å². The lowest BCUT2D eigenvalue weighted by Gasteiger charge is -2.11. The number of fused-ring (bicyclic) bond motifs is 1. The minimum absolute atomic E-state index is 0. The monoisotopic (exact) mass is 474 g/mol. The number of H-pyrrole nitrogens is 1. The smallest absolute Gasteiger partial charge is 0.190 e. The molecule has 0 aliphatic heterocycles. The van der Waals surface area contributed by atoms with Crippen molar-refractivity contribution in [1.82, 2.24) is 15.6 Å². The molecule has 6 nitrogen and oxygen atoms in total. The van der Waals surface area contributed by atoms with E-state index in [4.69, 9.17) is 9.47 Å². The summed E-state index contributed by atoms with van der Waals surface area (Å²) >= 11 is 0. The highest BCUT2D eigenvalue weighted by atomic mass is 127. The molecule has 0 bridgehead atoms. The number of benzene rings is 1. The Morgan fingerprint density at radius 2 is 1.88 bits per heavy atom. The number of aliphatic imine (C=N–C) groups is 1. The standard InChI is InChI=1S/C19H30N4O2.HI/c1-20-19(21-10-5-6-12-25-14-13-24-2)22-11-9-16-15-23-18-8-4-3-7-17(16)18;/h3-4,7-8,15,23H,5-6,9-14H2,1-2H3,(H2,20,21,22);1H. The number of aromatic amines is 1. The molecule has 0 saturated carbocycles. The van der Waals surface area contributed by atoms with E-state index in [1.807, 2.05) is 0 Å². The van der Waals surface area contributed by atoms with Gasteiger partial charge >= 0.3 is 0 Å². The first-order chi connectivity index (χ1) is 12.3. The van der Waals surface area contributed by atoms with Gasteiger partial charge in [-0.3, -0.25) is 4.99 Å². The van der Waals surface area contributed by atoms with Gasteiger partial charge in [-0.2, -0.15) is 0 Å². The van der Waals surface area contributed by atoms with Crippen molar-refractivity contribution in [3.8, 4) is 0 Å². The van der Waals surface area contributed by atoms with Crippen LogP contribution in [0.4, 0.5) is 0 Å². The second kappa shape index (κ2) is 13.8. The Balaban J connectivity index is 0.00000338. The zero-order valence-corrected chi connectivity index (χ0v) is 18.0. The number of methoxy groups -OCH3 is 1. The maximum atomic E-state index is 5.45. The fourth-order valence-electron chi connectivity index (χ4n) is 2.65. The van der Waals surface area contributed by atoms with E-state index >= 15 is 0 Å². The third-order valence-corrected chi connectivity index (χ3v) is 4.03.